The molecule has 0 bridgehead atoms. The van der Waals surface area contributed by atoms with Crippen LogP contribution < -0.4 is 10.6 Å². The topological polar surface area (TPSA) is 78.4 Å². The van der Waals surface area contributed by atoms with Gasteiger partial charge in [-0.3, -0.25) is 9.59 Å². The van der Waals surface area contributed by atoms with E-state index in [1.54, 1.807) is 0 Å². The fourth-order valence-electron chi connectivity index (χ4n) is 1.06. The quantitative estimate of drug-likeness (QED) is 0.663. The summed E-state index contributed by atoms with van der Waals surface area (Å²) in [6, 6.07) is 5.52. The third kappa shape index (κ3) is 4.20. The Bertz CT molecular complexity index is 421. The van der Waals surface area contributed by atoms with Crippen molar-refractivity contribution in [1.29, 1.82) is 0 Å². The Hall–Kier alpha value is -1.95. The molecule has 0 saturated heterocycles. The predicted molar refractivity (Wildman–Crippen MR) is 59.7 cm³/mol. The maximum absolute atomic E-state index is 13.1. The lowest BCUT2D eigenvalue weighted by molar-refractivity contribution is -0.136. The normalized spacial score (nSPS) is 11.7. The number of anilines is 1. The summed E-state index contributed by atoms with van der Waals surface area (Å²) in [4.78, 5) is 22.5. The summed E-state index contributed by atoms with van der Waals surface area (Å²) in [5.74, 6) is -2.52. The van der Waals surface area contributed by atoms with E-state index in [9.17, 15) is 14.0 Å². The number of halogens is 1. The van der Waals surface area contributed by atoms with Gasteiger partial charge in [0.05, 0.1) is 11.8 Å². The lowest BCUT2D eigenvalue weighted by Crippen LogP contribution is -2.38. The Morgan fingerprint density at radius 1 is 1.35 bits per heavy atom. The van der Waals surface area contributed by atoms with Gasteiger partial charge in [0.25, 0.3) is 0 Å². The van der Waals surface area contributed by atoms with Crippen molar-refractivity contribution in [2.24, 2.45) is 0 Å². The van der Waals surface area contributed by atoms with Crippen molar-refractivity contribution < 1.29 is 19.1 Å². The number of benzene rings is 1. The van der Waals surface area contributed by atoms with Crippen molar-refractivity contribution in [2.75, 3.05) is 11.9 Å². The van der Waals surface area contributed by atoms with Crippen molar-refractivity contribution in [3.63, 3.8) is 0 Å². The second-order valence-corrected chi connectivity index (χ2v) is 3.49. The highest BCUT2D eigenvalue weighted by Gasteiger charge is 2.15. The number of aliphatic hydroxyl groups is 1. The molecule has 0 spiro atoms. The van der Waals surface area contributed by atoms with Crippen LogP contribution in [-0.2, 0) is 9.59 Å². The van der Waals surface area contributed by atoms with Gasteiger partial charge in [-0.05, 0) is 19.1 Å². The van der Waals surface area contributed by atoms with Crippen LogP contribution in [0.15, 0.2) is 24.3 Å². The molecule has 0 unspecified atom stereocenters. The molecular weight excluding hydrogens is 227 g/mol. The number of amides is 2. The SMILES string of the molecule is C[C@H](O)CNC(=O)C(=O)Nc1ccccc1F. The first-order valence-corrected chi connectivity index (χ1v) is 5.02. The molecule has 0 heterocycles. The van der Waals surface area contributed by atoms with E-state index in [2.05, 4.69) is 10.6 Å². The van der Waals surface area contributed by atoms with Crippen LogP contribution in [-0.4, -0.2) is 29.6 Å². The summed E-state index contributed by atoms with van der Waals surface area (Å²) in [5, 5.41) is 13.2. The molecule has 1 aromatic rings. The minimum atomic E-state index is -0.976. The van der Waals surface area contributed by atoms with Gasteiger partial charge in [0.15, 0.2) is 0 Å². The second-order valence-electron chi connectivity index (χ2n) is 3.49. The van der Waals surface area contributed by atoms with Gasteiger partial charge in [-0.1, -0.05) is 12.1 Å². The minimum Gasteiger partial charge on any atom is -0.392 e. The Balaban J connectivity index is 2.55. The Morgan fingerprint density at radius 3 is 2.59 bits per heavy atom. The van der Waals surface area contributed by atoms with Gasteiger partial charge in [0.2, 0.25) is 0 Å². The first-order chi connectivity index (χ1) is 8.00. The minimum absolute atomic E-state index is 0.0382. The highest BCUT2D eigenvalue weighted by molar-refractivity contribution is 6.39. The maximum Gasteiger partial charge on any atom is 0.313 e. The van der Waals surface area contributed by atoms with Gasteiger partial charge in [0.1, 0.15) is 5.82 Å². The molecular formula is C11H13FN2O3. The molecule has 1 atom stereocenters. The van der Waals surface area contributed by atoms with Crippen molar-refractivity contribution in [3.8, 4) is 0 Å². The fourth-order valence-corrected chi connectivity index (χ4v) is 1.06. The molecule has 17 heavy (non-hydrogen) atoms. The Labute approximate surface area is 97.6 Å². The summed E-state index contributed by atoms with van der Waals surface area (Å²) in [6.07, 6.45) is -0.750. The number of nitrogens with one attached hydrogen (secondary N) is 2. The first-order valence-electron chi connectivity index (χ1n) is 5.02. The van der Waals surface area contributed by atoms with Gasteiger partial charge in [-0.2, -0.15) is 0 Å². The predicted octanol–water partition coefficient (Wildman–Crippen LogP) is 0.261. The van der Waals surface area contributed by atoms with Crippen molar-refractivity contribution >= 4 is 17.5 Å². The molecule has 0 aliphatic rings. The molecule has 0 fully saturated rings. The van der Waals surface area contributed by atoms with Crippen LogP contribution in [0, 0.1) is 5.82 Å². The molecule has 0 radical (unpaired) electrons. The number of rotatable bonds is 3. The zero-order valence-electron chi connectivity index (χ0n) is 9.24. The molecule has 92 valence electrons. The molecule has 0 aliphatic carbocycles. The van der Waals surface area contributed by atoms with Crippen LogP contribution >= 0.6 is 0 Å². The third-order valence-electron chi connectivity index (χ3n) is 1.89. The molecule has 3 N–H and O–H groups in total. The number of aliphatic hydroxyl groups excluding tert-OH is 1. The summed E-state index contributed by atoms with van der Waals surface area (Å²) < 4.78 is 13.1. The largest absolute Gasteiger partial charge is 0.392 e. The van der Waals surface area contributed by atoms with Crippen LogP contribution in [0.4, 0.5) is 10.1 Å². The van der Waals surface area contributed by atoms with Crippen molar-refractivity contribution in [2.45, 2.75) is 13.0 Å². The highest BCUT2D eigenvalue weighted by Crippen LogP contribution is 2.11. The van der Waals surface area contributed by atoms with Crippen LogP contribution in [0.2, 0.25) is 0 Å². The van der Waals surface area contributed by atoms with Gasteiger partial charge >= 0.3 is 11.8 Å². The van der Waals surface area contributed by atoms with Crippen LogP contribution in [0.5, 0.6) is 0 Å². The monoisotopic (exact) mass is 240 g/mol. The van der Waals surface area contributed by atoms with Crippen LogP contribution in [0.1, 0.15) is 6.92 Å². The Kier molecular flexibility index (Phi) is 4.59. The van der Waals surface area contributed by atoms with Crippen molar-refractivity contribution in [3.05, 3.63) is 30.1 Å². The number of para-hydroxylation sites is 1. The molecule has 0 saturated carbocycles. The lowest BCUT2D eigenvalue weighted by Gasteiger charge is -2.08. The highest BCUT2D eigenvalue weighted by atomic mass is 19.1. The number of carbonyl (C=O) groups excluding carboxylic acids is 2. The average molecular weight is 240 g/mol. The maximum atomic E-state index is 13.1. The van der Waals surface area contributed by atoms with E-state index in [0.717, 1.165) is 0 Å². The fraction of sp³-hybridized carbons (Fsp3) is 0.273. The number of hydrogen-bond acceptors (Lipinski definition) is 3. The molecule has 0 aliphatic heterocycles. The number of hydrogen-bond donors (Lipinski definition) is 3. The zero-order chi connectivity index (χ0) is 12.8. The molecule has 1 aromatic carbocycles. The standard InChI is InChI=1S/C11H13FN2O3/c1-7(15)6-13-10(16)11(17)14-9-5-3-2-4-8(9)12/h2-5,7,15H,6H2,1H3,(H,13,16)(H,14,17)/t7-/m0/s1. The smallest absolute Gasteiger partial charge is 0.313 e. The molecule has 6 heteroatoms. The van der Waals surface area contributed by atoms with Gasteiger partial charge in [-0.15, -0.1) is 0 Å². The summed E-state index contributed by atoms with van der Waals surface area (Å²) in [6.45, 7) is 1.43. The average Bonchev–Trinajstić information content (AvgIpc) is 2.28. The van der Waals surface area contributed by atoms with Crippen molar-refractivity contribution in [1.82, 2.24) is 5.32 Å². The van der Waals surface area contributed by atoms with E-state index < -0.39 is 23.7 Å². The summed E-state index contributed by atoms with van der Waals surface area (Å²) in [5.41, 5.74) is -0.0651. The van der Waals surface area contributed by atoms with E-state index >= 15 is 0 Å². The van der Waals surface area contributed by atoms with Crippen LogP contribution in [0.3, 0.4) is 0 Å². The number of carbonyl (C=O) groups is 2. The molecule has 5 nitrogen and oxygen atoms in total. The van der Waals surface area contributed by atoms with Gasteiger partial charge < -0.3 is 15.7 Å². The summed E-state index contributed by atoms with van der Waals surface area (Å²) >= 11 is 0. The lowest BCUT2D eigenvalue weighted by atomic mass is 10.3. The van der Waals surface area contributed by atoms with E-state index in [1.165, 1.54) is 31.2 Å². The van der Waals surface area contributed by atoms with Gasteiger partial charge in [-0.25, -0.2) is 4.39 Å². The second kappa shape index (κ2) is 5.95. The molecule has 0 aromatic heterocycles. The van der Waals surface area contributed by atoms with E-state index in [1.807, 2.05) is 0 Å². The summed E-state index contributed by atoms with van der Waals surface area (Å²) in [7, 11) is 0. The third-order valence-corrected chi connectivity index (χ3v) is 1.89. The molecule has 1 rings (SSSR count). The van der Waals surface area contributed by atoms with E-state index in [4.69, 9.17) is 5.11 Å². The molecule has 2 amide bonds. The first kappa shape index (κ1) is 13.1. The van der Waals surface area contributed by atoms with Gasteiger partial charge in [0, 0.05) is 6.54 Å². The van der Waals surface area contributed by atoms with Crippen LogP contribution in [0.25, 0.3) is 0 Å². The van der Waals surface area contributed by atoms with E-state index in [-0.39, 0.29) is 12.2 Å². The Morgan fingerprint density at radius 2 is 2.00 bits per heavy atom. The van der Waals surface area contributed by atoms with E-state index in [0.29, 0.717) is 0 Å². The zero-order valence-corrected chi connectivity index (χ0v) is 9.24.